The predicted octanol–water partition coefficient (Wildman–Crippen LogP) is 2.02. The van der Waals surface area contributed by atoms with Crippen molar-refractivity contribution in [3.8, 4) is 5.75 Å². The molecule has 1 amide bonds. The number of halogens is 1. The van der Waals surface area contributed by atoms with Crippen molar-refractivity contribution < 1.29 is 19.0 Å². The molecule has 1 unspecified atom stereocenters. The number of carbonyl (C=O) groups is 1. The van der Waals surface area contributed by atoms with E-state index in [0.29, 0.717) is 25.4 Å². The lowest BCUT2D eigenvalue weighted by Crippen LogP contribution is -2.53. The number of benzene rings is 1. The Balaban J connectivity index is 2.21. The fraction of sp³-hybridized carbons (Fsp3) is 0.462. The maximum absolute atomic E-state index is 13.2. The maximum Gasteiger partial charge on any atom is 0.407 e. The molecule has 1 aliphatic heterocycles. The molecule has 1 aromatic rings. The van der Waals surface area contributed by atoms with Crippen LogP contribution in [0.15, 0.2) is 18.2 Å². The summed E-state index contributed by atoms with van der Waals surface area (Å²) in [5, 5.41) is 8.98. The summed E-state index contributed by atoms with van der Waals surface area (Å²) in [6.45, 7) is 3.36. The number of ether oxygens (including phenoxy) is 1. The Morgan fingerprint density at radius 3 is 2.79 bits per heavy atom. The molecule has 0 aromatic heterocycles. The molecule has 1 saturated heterocycles. The zero-order valence-electron chi connectivity index (χ0n) is 11.0. The van der Waals surface area contributed by atoms with Gasteiger partial charge in [0.2, 0.25) is 0 Å². The van der Waals surface area contributed by atoms with Gasteiger partial charge < -0.3 is 19.6 Å². The molecule has 19 heavy (non-hydrogen) atoms. The van der Waals surface area contributed by atoms with E-state index in [-0.39, 0.29) is 11.9 Å². The van der Waals surface area contributed by atoms with Gasteiger partial charge >= 0.3 is 6.09 Å². The number of amides is 1. The Morgan fingerprint density at radius 2 is 2.21 bits per heavy atom. The summed E-state index contributed by atoms with van der Waals surface area (Å²) in [6.07, 6.45) is -0.905. The van der Waals surface area contributed by atoms with Crippen molar-refractivity contribution in [2.75, 3.05) is 31.6 Å². The van der Waals surface area contributed by atoms with Crippen molar-refractivity contribution in [1.82, 2.24) is 4.90 Å². The van der Waals surface area contributed by atoms with Crippen LogP contribution in [0.25, 0.3) is 0 Å². The average Bonchev–Trinajstić information content (AvgIpc) is 2.38. The van der Waals surface area contributed by atoms with Gasteiger partial charge in [0.25, 0.3) is 0 Å². The van der Waals surface area contributed by atoms with Crippen molar-refractivity contribution in [2.24, 2.45) is 0 Å². The van der Waals surface area contributed by atoms with Crippen molar-refractivity contribution in [3.63, 3.8) is 0 Å². The Labute approximate surface area is 111 Å². The largest absolute Gasteiger partial charge is 0.494 e. The van der Waals surface area contributed by atoms with Gasteiger partial charge in [-0.05, 0) is 19.1 Å². The van der Waals surface area contributed by atoms with Crippen molar-refractivity contribution in [1.29, 1.82) is 0 Å². The highest BCUT2D eigenvalue weighted by Gasteiger charge is 2.28. The third-order valence-electron chi connectivity index (χ3n) is 3.35. The highest BCUT2D eigenvalue weighted by Crippen LogP contribution is 2.31. The first-order valence-electron chi connectivity index (χ1n) is 6.11. The van der Waals surface area contributed by atoms with Gasteiger partial charge in [0, 0.05) is 31.7 Å². The van der Waals surface area contributed by atoms with E-state index in [2.05, 4.69) is 0 Å². The normalized spacial score (nSPS) is 19.4. The number of rotatable bonds is 2. The molecule has 6 heteroatoms. The number of hydrogen-bond donors (Lipinski definition) is 1. The van der Waals surface area contributed by atoms with Gasteiger partial charge in [-0.2, -0.15) is 0 Å². The van der Waals surface area contributed by atoms with Gasteiger partial charge in [0.05, 0.1) is 12.8 Å². The van der Waals surface area contributed by atoms with Crippen molar-refractivity contribution >= 4 is 11.8 Å². The molecule has 1 heterocycles. The smallest absolute Gasteiger partial charge is 0.407 e. The van der Waals surface area contributed by atoms with Crippen molar-refractivity contribution in [3.05, 3.63) is 24.0 Å². The predicted molar refractivity (Wildman–Crippen MR) is 69.4 cm³/mol. The minimum Gasteiger partial charge on any atom is -0.494 e. The molecule has 1 aliphatic rings. The van der Waals surface area contributed by atoms with Crippen LogP contribution in [0.5, 0.6) is 5.75 Å². The molecular formula is C13H17FN2O3. The van der Waals surface area contributed by atoms with E-state index in [9.17, 15) is 9.18 Å². The van der Waals surface area contributed by atoms with E-state index in [1.165, 1.54) is 24.1 Å². The first kappa shape index (κ1) is 13.5. The van der Waals surface area contributed by atoms with E-state index in [1.807, 2.05) is 11.8 Å². The Bertz CT molecular complexity index is 481. The summed E-state index contributed by atoms with van der Waals surface area (Å²) in [6, 6.07) is 4.41. The molecule has 1 aromatic carbocycles. The topological polar surface area (TPSA) is 53.0 Å². The summed E-state index contributed by atoms with van der Waals surface area (Å²) in [5.74, 6) is 0.119. The lowest BCUT2D eigenvalue weighted by molar-refractivity contribution is 0.136. The standard InChI is InChI=1S/C13H17FN2O3/c1-9-8-15(13(17)18)5-6-16(9)11-4-3-10(14)7-12(11)19-2/h3-4,7,9H,5-6,8H2,1-2H3,(H,17,18). The van der Waals surface area contributed by atoms with Crippen LogP contribution in [0, 0.1) is 5.82 Å². The average molecular weight is 268 g/mol. The quantitative estimate of drug-likeness (QED) is 0.891. The Hall–Kier alpha value is -1.98. The Kier molecular flexibility index (Phi) is 3.78. The Morgan fingerprint density at radius 1 is 1.47 bits per heavy atom. The zero-order valence-corrected chi connectivity index (χ0v) is 11.0. The second kappa shape index (κ2) is 5.34. The molecule has 5 nitrogen and oxygen atoms in total. The number of hydrogen-bond acceptors (Lipinski definition) is 3. The maximum atomic E-state index is 13.2. The lowest BCUT2D eigenvalue weighted by Gasteiger charge is -2.40. The third-order valence-corrected chi connectivity index (χ3v) is 3.35. The molecule has 0 spiro atoms. The van der Waals surface area contributed by atoms with Crippen LogP contribution >= 0.6 is 0 Å². The van der Waals surface area contributed by atoms with Crippen molar-refractivity contribution in [2.45, 2.75) is 13.0 Å². The lowest BCUT2D eigenvalue weighted by atomic mass is 10.1. The highest BCUT2D eigenvalue weighted by atomic mass is 19.1. The second-order valence-corrected chi connectivity index (χ2v) is 4.59. The third kappa shape index (κ3) is 2.72. The first-order valence-corrected chi connectivity index (χ1v) is 6.11. The monoisotopic (exact) mass is 268 g/mol. The number of nitrogens with zero attached hydrogens (tertiary/aromatic N) is 2. The summed E-state index contributed by atoms with van der Waals surface area (Å²) in [7, 11) is 1.50. The first-order chi connectivity index (χ1) is 9.02. The zero-order chi connectivity index (χ0) is 14.0. The van der Waals surface area contributed by atoms with Gasteiger partial charge in [-0.3, -0.25) is 0 Å². The van der Waals surface area contributed by atoms with Crippen LogP contribution < -0.4 is 9.64 Å². The summed E-state index contributed by atoms with van der Waals surface area (Å²) >= 11 is 0. The van der Waals surface area contributed by atoms with Crippen LogP contribution in [0.4, 0.5) is 14.9 Å². The highest BCUT2D eigenvalue weighted by molar-refractivity contribution is 5.66. The van der Waals surface area contributed by atoms with E-state index < -0.39 is 6.09 Å². The van der Waals surface area contributed by atoms with Crippen LogP contribution in [0.1, 0.15) is 6.92 Å². The molecular weight excluding hydrogens is 251 g/mol. The van der Waals surface area contributed by atoms with Gasteiger partial charge in [0.1, 0.15) is 11.6 Å². The molecule has 1 N–H and O–H groups in total. The fourth-order valence-electron chi connectivity index (χ4n) is 2.38. The molecule has 2 rings (SSSR count). The SMILES string of the molecule is COc1cc(F)ccc1N1CCN(C(=O)O)CC1C. The van der Waals surface area contributed by atoms with Gasteiger partial charge in [-0.25, -0.2) is 9.18 Å². The van der Waals surface area contributed by atoms with Gasteiger partial charge in [-0.1, -0.05) is 0 Å². The summed E-state index contributed by atoms with van der Waals surface area (Å²) in [4.78, 5) is 14.4. The number of piperazine rings is 1. The van der Waals surface area contributed by atoms with Crippen LogP contribution in [0.2, 0.25) is 0 Å². The van der Waals surface area contributed by atoms with E-state index >= 15 is 0 Å². The van der Waals surface area contributed by atoms with E-state index in [4.69, 9.17) is 9.84 Å². The minimum atomic E-state index is -0.905. The van der Waals surface area contributed by atoms with Crippen LogP contribution in [-0.4, -0.2) is 48.9 Å². The summed E-state index contributed by atoms with van der Waals surface area (Å²) in [5.41, 5.74) is 0.793. The summed E-state index contributed by atoms with van der Waals surface area (Å²) < 4.78 is 18.4. The minimum absolute atomic E-state index is 0.0178. The second-order valence-electron chi connectivity index (χ2n) is 4.59. The fourth-order valence-corrected chi connectivity index (χ4v) is 2.38. The van der Waals surface area contributed by atoms with Crippen LogP contribution in [-0.2, 0) is 0 Å². The number of anilines is 1. The van der Waals surface area contributed by atoms with Gasteiger partial charge in [-0.15, -0.1) is 0 Å². The molecule has 104 valence electrons. The molecule has 0 radical (unpaired) electrons. The number of carboxylic acid groups (broad SMARTS) is 1. The molecule has 1 fully saturated rings. The molecule has 1 atom stereocenters. The molecule has 0 aliphatic carbocycles. The van der Waals surface area contributed by atoms with Crippen LogP contribution in [0.3, 0.4) is 0 Å². The van der Waals surface area contributed by atoms with E-state index in [1.54, 1.807) is 6.07 Å². The van der Waals surface area contributed by atoms with E-state index in [0.717, 1.165) is 5.69 Å². The molecule has 0 bridgehead atoms. The van der Waals surface area contributed by atoms with Gasteiger partial charge in [0.15, 0.2) is 0 Å². The number of methoxy groups -OCH3 is 1. The molecule has 0 saturated carbocycles.